The molecule has 0 heterocycles. The molecule has 1 atom stereocenters. The molecule has 0 amide bonds. The van der Waals surface area contributed by atoms with Gasteiger partial charge in [0.15, 0.2) is 0 Å². The van der Waals surface area contributed by atoms with Crippen molar-refractivity contribution in [3.8, 4) is 0 Å². The first-order valence-electron chi connectivity index (χ1n) is 5.28. The summed E-state index contributed by atoms with van der Waals surface area (Å²) >= 11 is 0. The maximum Gasteiger partial charge on any atom is 0.303 e. The molecule has 1 N–H and O–H groups in total. The Morgan fingerprint density at radius 2 is 2.00 bits per heavy atom. The van der Waals surface area contributed by atoms with Crippen molar-refractivity contribution in [1.82, 2.24) is 0 Å². The third kappa shape index (κ3) is 7.82. The van der Waals surface area contributed by atoms with Crippen molar-refractivity contribution in [3.63, 3.8) is 0 Å². The smallest absolute Gasteiger partial charge is 0.303 e. The van der Waals surface area contributed by atoms with E-state index in [9.17, 15) is 4.79 Å². The van der Waals surface area contributed by atoms with Gasteiger partial charge in [-0.2, -0.15) is 0 Å². The number of hydrogen-bond acceptors (Lipinski definition) is 1. The molecule has 78 valence electrons. The van der Waals surface area contributed by atoms with E-state index in [-0.39, 0.29) is 0 Å². The van der Waals surface area contributed by atoms with Crippen molar-refractivity contribution in [1.29, 1.82) is 0 Å². The summed E-state index contributed by atoms with van der Waals surface area (Å²) < 4.78 is 0. The van der Waals surface area contributed by atoms with Crippen LogP contribution in [-0.4, -0.2) is 11.1 Å². The predicted octanol–water partition coefficient (Wildman–Crippen LogP) is 3.31. The van der Waals surface area contributed by atoms with Crippen molar-refractivity contribution in [2.24, 2.45) is 11.8 Å². The van der Waals surface area contributed by atoms with Crippen LogP contribution in [-0.2, 0) is 4.79 Å². The Hall–Kier alpha value is -0.530. The Labute approximate surface area is 81.3 Å². The van der Waals surface area contributed by atoms with Gasteiger partial charge in [0.05, 0.1) is 0 Å². The number of carboxylic acid groups (broad SMARTS) is 1. The van der Waals surface area contributed by atoms with E-state index in [0.29, 0.717) is 6.42 Å². The fourth-order valence-corrected chi connectivity index (χ4v) is 1.70. The van der Waals surface area contributed by atoms with Crippen molar-refractivity contribution in [2.45, 2.75) is 52.9 Å². The van der Waals surface area contributed by atoms with Crippen LogP contribution in [0, 0.1) is 11.8 Å². The van der Waals surface area contributed by atoms with Gasteiger partial charge in [-0.25, -0.2) is 0 Å². The molecule has 0 rings (SSSR count). The Morgan fingerprint density at radius 1 is 1.38 bits per heavy atom. The van der Waals surface area contributed by atoms with E-state index in [1.807, 2.05) is 0 Å². The SMILES string of the molecule is CCC(CCCC(=O)O)CC(C)C. The maximum absolute atomic E-state index is 10.3. The number of rotatable bonds is 7. The average molecular weight is 186 g/mol. The highest BCUT2D eigenvalue weighted by molar-refractivity contribution is 5.66. The molecular weight excluding hydrogens is 164 g/mol. The normalized spacial score (nSPS) is 13.2. The van der Waals surface area contributed by atoms with Crippen molar-refractivity contribution in [2.75, 3.05) is 0 Å². The van der Waals surface area contributed by atoms with Gasteiger partial charge in [0.2, 0.25) is 0 Å². The summed E-state index contributed by atoms with van der Waals surface area (Å²) in [6.07, 6.45) is 4.64. The zero-order valence-electron chi connectivity index (χ0n) is 9.05. The van der Waals surface area contributed by atoms with Gasteiger partial charge < -0.3 is 5.11 Å². The Balaban J connectivity index is 3.53. The van der Waals surface area contributed by atoms with Crippen LogP contribution in [0.15, 0.2) is 0 Å². The van der Waals surface area contributed by atoms with Crippen LogP contribution in [0.2, 0.25) is 0 Å². The second-order valence-electron chi connectivity index (χ2n) is 4.19. The summed E-state index contributed by atoms with van der Waals surface area (Å²) in [5.41, 5.74) is 0. The minimum absolute atomic E-state index is 0.328. The van der Waals surface area contributed by atoms with E-state index in [2.05, 4.69) is 20.8 Å². The van der Waals surface area contributed by atoms with E-state index in [0.717, 1.165) is 24.7 Å². The monoisotopic (exact) mass is 186 g/mol. The molecule has 0 aliphatic rings. The minimum atomic E-state index is -0.667. The van der Waals surface area contributed by atoms with Gasteiger partial charge in [-0.1, -0.05) is 27.2 Å². The van der Waals surface area contributed by atoms with E-state index < -0.39 is 5.97 Å². The number of carboxylic acids is 1. The van der Waals surface area contributed by atoms with Gasteiger partial charge in [-0.05, 0) is 31.1 Å². The summed E-state index contributed by atoms with van der Waals surface area (Å²) in [6.45, 7) is 6.63. The molecular formula is C11H22O2. The summed E-state index contributed by atoms with van der Waals surface area (Å²) in [5, 5.41) is 8.48. The zero-order chi connectivity index (χ0) is 10.3. The third-order valence-electron chi connectivity index (χ3n) is 2.39. The lowest BCUT2D eigenvalue weighted by molar-refractivity contribution is -0.137. The largest absolute Gasteiger partial charge is 0.481 e. The molecule has 1 unspecified atom stereocenters. The quantitative estimate of drug-likeness (QED) is 0.662. The molecule has 0 aromatic rings. The van der Waals surface area contributed by atoms with Gasteiger partial charge in [0, 0.05) is 6.42 Å². The van der Waals surface area contributed by atoms with Crippen molar-refractivity contribution >= 4 is 5.97 Å². The fraction of sp³-hybridized carbons (Fsp3) is 0.909. The summed E-state index contributed by atoms with van der Waals surface area (Å²) in [5.74, 6) is 0.786. The standard InChI is InChI=1S/C11H22O2/c1-4-10(8-9(2)3)6-5-7-11(12)13/h9-10H,4-8H2,1-3H3,(H,12,13). The van der Waals surface area contributed by atoms with E-state index in [1.165, 1.54) is 12.8 Å². The molecule has 0 aromatic heterocycles. The first-order chi connectivity index (χ1) is 6.06. The summed E-state index contributed by atoms with van der Waals surface area (Å²) in [7, 11) is 0. The lowest BCUT2D eigenvalue weighted by atomic mass is 9.90. The van der Waals surface area contributed by atoms with Crippen LogP contribution in [0.3, 0.4) is 0 Å². The molecule has 13 heavy (non-hydrogen) atoms. The molecule has 0 aliphatic heterocycles. The van der Waals surface area contributed by atoms with E-state index in [4.69, 9.17) is 5.11 Å². The van der Waals surface area contributed by atoms with Crippen molar-refractivity contribution in [3.05, 3.63) is 0 Å². The summed E-state index contributed by atoms with van der Waals surface area (Å²) in [6, 6.07) is 0. The molecule has 0 radical (unpaired) electrons. The van der Waals surface area contributed by atoms with Crippen LogP contribution in [0.5, 0.6) is 0 Å². The number of hydrogen-bond donors (Lipinski definition) is 1. The number of aliphatic carboxylic acids is 1. The second kappa shape index (κ2) is 6.93. The molecule has 0 fully saturated rings. The van der Waals surface area contributed by atoms with Crippen LogP contribution < -0.4 is 0 Å². The average Bonchev–Trinajstić information content (AvgIpc) is 2.01. The molecule has 2 heteroatoms. The Morgan fingerprint density at radius 3 is 2.38 bits per heavy atom. The van der Waals surface area contributed by atoms with Gasteiger partial charge in [0.1, 0.15) is 0 Å². The maximum atomic E-state index is 10.3. The van der Waals surface area contributed by atoms with Crippen LogP contribution >= 0.6 is 0 Å². The van der Waals surface area contributed by atoms with Crippen LogP contribution in [0.4, 0.5) is 0 Å². The second-order valence-corrected chi connectivity index (χ2v) is 4.19. The molecule has 0 saturated heterocycles. The molecule has 0 bridgehead atoms. The van der Waals surface area contributed by atoms with E-state index >= 15 is 0 Å². The van der Waals surface area contributed by atoms with Gasteiger partial charge in [-0.3, -0.25) is 4.79 Å². The molecule has 0 aromatic carbocycles. The van der Waals surface area contributed by atoms with Crippen molar-refractivity contribution < 1.29 is 9.90 Å². The zero-order valence-corrected chi connectivity index (χ0v) is 9.05. The Bertz CT molecular complexity index is 141. The first-order valence-corrected chi connectivity index (χ1v) is 5.28. The van der Waals surface area contributed by atoms with Gasteiger partial charge in [-0.15, -0.1) is 0 Å². The summed E-state index contributed by atoms with van der Waals surface area (Å²) in [4.78, 5) is 10.3. The fourth-order valence-electron chi connectivity index (χ4n) is 1.70. The van der Waals surface area contributed by atoms with Gasteiger partial charge in [0.25, 0.3) is 0 Å². The Kier molecular flexibility index (Phi) is 6.65. The molecule has 0 spiro atoms. The third-order valence-corrected chi connectivity index (χ3v) is 2.39. The topological polar surface area (TPSA) is 37.3 Å². The predicted molar refractivity (Wildman–Crippen MR) is 54.7 cm³/mol. The number of carbonyl (C=O) groups is 1. The lowest BCUT2D eigenvalue weighted by Gasteiger charge is -2.16. The first kappa shape index (κ1) is 12.5. The molecule has 2 nitrogen and oxygen atoms in total. The van der Waals surface area contributed by atoms with Crippen LogP contribution in [0.25, 0.3) is 0 Å². The highest BCUT2D eigenvalue weighted by Crippen LogP contribution is 2.20. The lowest BCUT2D eigenvalue weighted by Crippen LogP contribution is -2.04. The highest BCUT2D eigenvalue weighted by atomic mass is 16.4. The minimum Gasteiger partial charge on any atom is -0.481 e. The van der Waals surface area contributed by atoms with E-state index in [1.54, 1.807) is 0 Å². The van der Waals surface area contributed by atoms with Crippen LogP contribution in [0.1, 0.15) is 52.9 Å². The van der Waals surface area contributed by atoms with Gasteiger partial charge >= 0.3 is 5.97 Å². The molecule has 0 saturated carbocycles. The molecule has 0 aliphatic carbocycles. The highest BCUT2D eigenvalue weighted by Gasteiger charge is 2.09.